The van der Waals surface area contributed by atoms with E-state index in [0.717, 1.165) is 70.4 Å². The Morgan fingerprint density at radius 2 is 1.86 bits per heavy atom. The highest BCUT2D eigenvalue weighted by Gasteiger charge is 2.37. The third kappa shape index (κ3) is 4.87. The highest BCUT2D eigenvalue weighted by atomic mass is 16.2. The third-order valence-corrected chi connectivity index (χ3v) is 6.34. The van der Waals surface area contributed by atoms with Crippen molar-refractivity contribution in [1.29, 1.82) is 0 Å². The summed E-state index contributed by atoms with van der Waals surface area (Å²) in [5, 5.41) is 3.08. The second-order valence-electron chi connectivity index (χ2n) is 8.40. The van der Waals surface area contributed by atoms with Gasteiger partial charge in [0.1, 0.15) is 0 Å². The normalized spacial score (nSPS) is 24.1. The summed E-state index contributed by atoms with van der Waals surface area (Å²) in [7, 11) is 0. The van der Waals surface area contributed by atoms with Gasteiger partial charge in [-0.05, 0) is 45.1 Å². The minimum absolute atomic E-state index is 0.0710. The molecule has 0 aromatic carbocycles. The summed E-state index contributed by atoms with van der Waals surface area (Å²) >= 11 is 0. The quantitative estimate of drug-likeness (QED) is 0.797. The summed E-state index contributed by atoms with van der Waals surface area (Å²) in [5.74, 6) is 0.926. The van der Waals surface area contributed by atoms with Gasteiger partial charge < -0.3 is 10.2 Å². The second kappa shape index (κ2) is 8.99. The molecule has 1 saturated carbocycles. The van der Waals surface area contributed by atoms with Gasteiger partial charge in [-0.2, -0.15) is 0 Å². The SMILES string of the molecule is O=C(NCCc1cnccn1)C1CCCN(C2CCN(C(=O)C3CC3)CC2)C1. The minimum Gasteiger partial charge on any atom is -0.355 e. The molecule has 7 heteroatoms. The molecule has 1 atom stereocenters. The van der Waals surface area contributed by atoms with E-state index in [1.807, 2.05) is 0 Å². The summed E-state index contributed by atoms with van der Waals surface area (Å²) in [6, 6.07) is 0.512. The van der Waals surface area contributed by atoms with Crippen LogP contribution in [0.4, 0.5) is 0 Å². The van der Waals surface area contributed by atoms with Gasteiger partial charge in [0.25, 0.3) is 0 Å². The molecule has 3 aliphatic rings. The summed E-state index contributed by atoms with van der Waals surface area (Å²) in [5.41, 5.74) is 0.903. The number of amides is 2. The summed E-state index contributed by atoms with van der Waals surface area (Å²) in [6.07, 6.45) is 12.1. The van der Waals surface area contributed by atoms with Crippen LogP contribution in [0, 0.1) is 11.8 Å². The molecule has 1 N–H and O–H groups in total. The molecule has 0 spiro atoms. The third-order valence-electron chi connectivity index (χ3n) is 6.34. The Balaban J connectivity index is 1.20. The van der Waals surface area contributed by atoms with Crippen LogP contribution in [0.2, 0.25) is 0 Å². The van der Waals surface area contributed by atoms with Crippen molar-refractivity contribution in [2.75, 3.05) is 32.7 Å². The number of rotatable bonds is 6. The van der Waals surface area contributed by atoms with Crippen LogP contribution in [0.3, 0.4) is 0 Å². The minimum atomic E-state index is 0.0710. The number of carbonyl (C=O) groups is 2. The number of hydrogen-bond acceptors (Lipinski definition) is 5. The summed E-state index contributed by atoms with van der Waals surface area (Å²) < 4.78 is 0. The number of carbonyl (C=O) groups excluding carboxylic acids is 2. The van der Waals surface area contributed by atoms with Gasteiger partial charge in [-0.15, -0.1) is 0 Å². The number of nitrogens with zero attached hydrogens (tertiary/aromatic N) is 4. The topological polar surface area (TPSA) is 78.4 Å². The van der Waals surface area contributed by atoms with Crippen molar-refractivity contribution in [2.45, 2.75) is 51.0 Å². The number of likely N-dealkylation sites (tertiary alicyclic amines) is 2. The molecule has 4 rings (SSSR count). The molecule has 2 aliphatic heterocycles. The maximum Gasteiger partial charge on any atom is 0.225 e. The molecule has 28 heavy (non-hydrogen) atoms. The number of piperidine rings is 2. The van der Waals surface area contributed by atoms with Crippen molar-refractivity contribution >= 4 is 11.8 Å². The number of nitrogens with one attached hydrogen (secondary N) is 1. The molecule has 3 fully saturated rings. The first-order valence-corrected chi connectivity index (χ1v) is 10.8. The smallest absolute Gasteiger partial charge is 0.225 e. The second-order valence-corrected chi connectivity index (χ2v) is 8.40. The van der Waals surface area contributed by atoms with Crippen LogP contribution in [0.5, 0.6) is 0 Å². The van der Waals surface area contributed by atoms with E-state index in [2.05, 4.69) is 25.1 Å². The van der Waals surface area contributed by atoms with Gasteiger partial charge in [-0.1, -0.05) is 0 Å². The lowest BCUT2D eigenvalue weighted by Gasteiger charge is -2.42. The van der Waals surface area contributed by atoms with Crippen molar-refractivity contribution in [3.05, 3.63) is 24.3 Å². The van der Waals surface area contributed by atoms with E-state index in [1.165, 1.54) is 0 Å². The summed E-state index contributed by atoms with van der Waals surface area (Å²) in [4.78, 5) is 37.7. The molecule has 0 radical (unpaired) electrons. The maximum atomic E-state index is 12.6. The number of hydrogen-bond donors (Lipinski definition) is 1. The fraction of sp³-hybridized carbons (Fsp3) is 0.714. The Morgan fingerprint density at radius 3 is 2.57 bits per heavy atom. The van der Waals surface area contributed by atoms with Gasteiger partial charge in [-0.25, -0.2) is 0 Å². The lowest BCUT2D eigenvalue weighted by molar-refractivity contribution is -0.134. The van der Waals surface area contributed by atoms with Crippen LogP contribution in [0.25, 0.3) is 0 Å². The predicted molar refractivity (Wildman–Crippen MR) is 105 cm³/mol. The molecule has 1 unspecified atom stereocenters. The first-order valence-electron chi connectivity index (χ1n) is 10.8. The Labute approximate surface area is 166 Å². The Hall–Kier alpha value is -2.02. The van der Waals surface area contributed by atoms with E-state index in [0.29, 0.717) is 30.8 Å². The molecule has 7 nitrogen and oxygen atoms in total. The zero-order chi connectivity index (χ0) is 19.3. The fourth-order valence-corrected chi connectivity index (χ4v) is 4.51. The van der Waals surface area contributed by atoms with Crippen molar-refractivity contribution < 1.29 is 9.59 Å². The first kappa shape index (κ1) is 19.3. The predicted octanol–water partition coefficient (Wildman–Crippen LogP) is 1.25. The lowest BCUT2D eigenvalue weighted by atomic mass is 9.93. The van der Waals surface area contributed by atoms with Crippen molar-refractivity contribution in [2.24, 2.45) is 11.8 Å². The van der Waals surface area contributed by atoms with Crippen molar-refractivity contribution in [3.8, 4) is 0 Å². The van der Waals surface area contributed by atoms with Crippen LogP contribution < -0.4 is 5.32 Å². The molecule has 2 saturated heterocycles. The fourth-order valence-electron chi connectivity index (χ4n) is 4.51. The Bertz CT molecular complexity index is 671. The highest BCUT2D eigenvalue weighted by molar-refractivity contribution is 5.81. The molecule has 0 bridgehead atoms. The van der Waals surface area contributed by atoms with Gasteiger partial charge in [0.2, 0.25) is 11.8 Å². The van der Waals surface area contributed by atoms with Crippen LogP contribution >= 0.6 is 0 Å². The number of aromatic nitrogens is 2. The zero-order valence-corrected chi connectivity index (χ0v) is 16.6. The monoisotopic (exact) mass is 385 g/mol. The zero-order valence-electron chi connectivity index (χ0n) is 16.6. The largest absolute Gasteiger partial charge is 0.355 e. The van der Waals surface area contributed by atoms with Crippen LogP contribution in [-0.4, -0.2) is 70.3 Å². The van der Waals surface area contributed by atoms with E-state index >= 15 is 0 Å². The van der Waals surface area contributed by atoms with E-state index in [9.17, 15) is 9.59 Å². The lowest BCUT2D eigenvalue weighted by Crippen LogP contribution is -2.51. The van der Waals surface area contributed by atoms with Crippen molar-refractivity contribution in [3.63, 3.8) is 0 Å². The summed E-state index contributed by atoms with van der Waals surface area (Å²) in [6.45, 7) is 4.29. The van der Waals surface area contributed by atoms with Crippen LogP contribution in [0.15, 0.2) is 18.6 Å². The molecule has 1 aromatic heterocycles. The highest BCUT2D eigenvalue weighted by Crippen LogP contribution is 2.32. The standard InChI is InChI=1S/C21H31N5O2/c27-20(24-8-5-18-14-22-9-10-23-18)17-2-1-11-26(15-17)19-6-12-25(13-7-19)21(28)16-3-4-16/h9-10,14,16-17,19H,1-8,11-13,15H2,(H,24,27). The van der Waals surface area contributed by atoms with E-state index < -0.39 is 0 Å². The van der Waals surface area contributed by atoms with Crippen LogP contribution in [-0.2, 0) is 16.0 Å². The molecular formula is C21H31N5O2. The molecule has 1 aliphatic carbocycles. The Morgan fingerprint density at radius 1 is 1.04 bits per heavy atom. The average molecular weight is 386 g/mol. The van der Waals surface area contributed by atoms with Gasteiger partial charge in [-0.3, -0.25) is 24.5 Å². The van der Waals surface area contributed by atoms with Gasteiger partial charge >= 0.3 is 0 Å². The molecule has 2 amide bonds. The molecular weight excluding hydrogens is 354 g/mol. The maximum absolute atomic E-state index is 12.6. The Kier molecular flexibility index (Phi) is 6.20. The molecule has 1 aromatic rings. The molecule has 3 heterocycles. The van der Waals surface area contributed by atoms with Gasteiger partial charge in [0, 0.05) is 63.2 Å². The van der Waals surface area contributed by atoms with Crippen LogP contribution in [0.1, 0.15) is 44.2 Å². The van der Waals surface area contributed by atoms with Gasteiger partial charge in [0.05, 0.1) is 11.6 Å². The van der Waals surface area contributed by atoms with E-state index in [4.69, 9.17) is 0 Å². The van der Waals surface area contributed by atoms with E-state index in [1.54, 1.807) is 18.6 Å². The van der Waals surface area contributed by atoms with E-state index in [-0.39, 0.29) is 11.8 Å². The molecule has 152 valence electrons. The van der Waals surface area contributed by atoms with Crippen molar-refractivity contribution in [1.82, 2.24) is 25.1 Å². The first-order chi connectivity index (χ1) is 13.7. The average Bonchev–Trinajstić information content (AvgIpc) is 3.60. The van der Waals surface area contributed by atoms with Gasteiger partial charge in [0.15, 0.2) is 0 Å².